The van der Waals surface area contributed by atoms with Crippen molar-refractivity contribution in [1.29, 1.82) is 0 Å². The topological polar surface area (TPSA) is 132 Å². The molecule has 0 saturated carbocycles. The summed E-state index contributed by atoms with van der Waals surface area (Å²) in [5.41, 5.74) is 0. The highest BCUT2D eigenvalue weighted by molar-refractivity contribution is 5.78. The molecule has 0 aliphatic rings. The molecule has 0 heterocycles. The van der Waals surface area contributed by atoms with E-state index >= 15 is 0 Å². The molecule has 10 nitrogen and oxygen atoms in total. The normalized spacial score (nSPS) is 11.2. The predicted octanol–water partition coefficient (Wildman–Crippen LogP) is 2.99. The summed E-state index contributed by atoms with van der Waals surface area (Å²) in [7, 11) is 0. The molecule has 0 fully saturated rings. The summed E-state index contributed by atoms with van der Waals surface area (Å²) < 4.78 is 24.9. The summed E-state index contributed by atoms with van der Waals surface area (Å²) in [5, 5.41) is 0. The minimum absolute atomic E-state index is 0.00276. The molecule has 0 saturated heterocycles. The van der Waals surface area contributed by atoms with E-state index in [1.165, 1.54) is 6.92 Å². The second-order valence-electron chi connectivity index (χ2n) is 7.04. The summed E-state index contributed by atoms with van der Waals surface area (Å²) in [5.74, 6) is -2.85. The van der Waals surface area contributed by atoms with Gasteiger partial charge in [0, 0.05) is 13.3 Å². The first kappa shape index (κ1) is 29.4. The van der Waals surface area contributed by atoms with E-state index in [1.54, 1.807) is 0 Å². The fraction of sp³-hybridized carbons (Fsp3) is 0.773. The van der Waals surface area contributed by atoms with Gasteiger partial charge in [0.15, 0.2) is 0 Å². The first-order chi connectivity index (χ1) is 15.3. The molecule has 0 radical (unpaired) electrons. The summed E-state index contributed by atoms with van der Waals surface area (Å²) >= 11 is 0. The van der Waals surface area contributed by atoms with Gasteiger partial charge in [0.25, 0.3) is 0 Å². The summed E-state index contributed by atoms with van der Waals surface area (Å²) in [6, 6.07) is 0. The van der Waals surface area contributed by atoms with E-state index < -0.39 is 36.1 Å². The van der Waals surface area contributed by atoms with Gasteiger partial charge in [0.1, 0.15) is 0 Å². The molecule has 1 unspecified atom stereocenters. The monoisotopic (exact) mass is 460 g/mol. The van der Waals surface area contributed by atoms with E-state index in [-0.39, 0.29) is 45.1 Å². The zero-order chi connectivity index (χ0) is 24.2. The van der Waals surface area contributed by atoms with Gasteiger partial charge in [-0.2, -0.15) is 0 Å². The van der Waals surface area contributed by atoms with Gasteiger partial charge < -0.3 is 23.7 Å². The largest absolute Gasteiger partial charge is 0.466 e. The molecule has 1 atom stereocenters. The molecule has 0 rings (SSSR count). The van der Waals surface area contributed by atoms with E-state index in [1.807, 2.05) is 13.8 Å². The van der Waals surface area contributed by atoms with Gasteiger partial charge in [-0.3, -0.25) is 24.0 Å². The van der Waals surface area contributed by atoms with E-state index in [0.29, 0.717) is 13.2 Å². The molecule has 0 amide bonds. The van der Waals surface area contributed by atoms with E-state index in [0.717, 1.165) is 25.7 Å². The third kappa shape index (κ3) is 18.1. The Kier molecular flexibility index (Phi) is 17.5. The second-order valence-corrected chi connectivity index (χ2v) is 7.04. The Balaban J connectivity index is 4.13. The highest BCUT2D eigenvalue weighted by Crippen LogP contribution is 2.09. The van der Waals surface area contributed by atoms with Crippen molar-refractivity contribution < 1.29 is 47.7 Å². The zero-order valence-electron chi connectivity index (χ0n) is 19.4. The van der Waals surface area contributed by atoms with Gasteiger partial charge in [-0.15, -0.1) is 0 Å². The Labute approximate surface area is 189 Å². The molecule has 0 aromatic heterocycles. The molecule has 32 heavy (non-hydrogen) atoms. The lowest BCUT2D eigenvalue weighted by molar-refractivity contribution is -0.189. The smallest absolute Gasteiger partial charge is 0.309 e. The van der Waals surface area contributed by atoms with Crippen LogP contribution in [0.2, 0.25) is 0 Å². The second kappa shape index (κ2) is 19.1. The lowest BCUT2D eigenvalue weighted by Gasteiger charge is -2.17. The fourth-order valence-corrected chi connectivity index (χ4v) is 2.25. The average molecular weight is 461 g/mol. The third-order valence-corrected chi connectivity index (χ3v) is 4.00. The van der Waals surface area contributed by atoms with Crippen LogP contribution in [-0.4, -0.2) is 56.0 Å². The SMILES string of the molecule is CCCCOC(=O)CCC(=O)OCCCC(OC(C)=O)OC(=O)CCC(=O)OCCCC. The number of hydrogen-bond donors (Lipinski definition) is 0. The minimum Gasteiger partial charge on any atom is -0.466 e. The van der Waals surface area contributed by atoms with Crippen molar-refractivity contribution in [3.63, 3.8) is 0 Å². The number of unbranched alkanes of at least 4 members (excludes halogenated alkanes) is 2. The summed E-state index contributed by atoms with van der Waals surface area (Å²) in [6.45, 7) is 5.75. The number of carbonyl (C=O) groups excluding carboxylic acids is 5. The van der Waals surface area contributed by atoms with E-state index in [4.69, 9.17) is 23.7 Å². The Morgan fingerprint density at radius 1 is 0.594 bits per heavy atom. The lowest BCUT2D eigenvalue weighted by atomic mass is 10.3. The maximum Gasteiger partial charge on any atom is 0.309 e. The van der Waals surface area contributed by atoms with Crippen LogP contribution in [0, 0.1) is 0 Å². The van der Waals surface area contributed by atoms with Gasteiger partial charge in [0.2, 0.25) is 6.29 Å². The Hall–Kier alpha value is -2.65. The molecule has 0 spiro atoms. The molecule has 0 aliphatic carbocycles. The Morgan fingerprint density at radius 2 is 1.00 bits per heavy atom. The standard InChI is InChI=1S/C22H36O10/c1-4-6-14-28-18(24)10-11-19(25)30-16-8-9-22(31-17(3)23)32-21(27)13-12-20(26)29-15-7-5-2/h22H,4-16H2,1-3H3. The van der Waals surface area contributed by atoms with E-state index in [9.17, 15) is 24.0 Å². The van der Waals surface area contributed by atoms with Crippen molar-refractivity contribution in [2.45, 2.75) is 91.3 Å². The number of esters is 5. The first-order valence-electron chi connectivity index (χ1n) is 11.1. The third-order valence-electron chi connectivity index (χ3n) is 4.00. The van der Waals surface area contributed by atoms with Gasteiger partial charge in [-0.1, -0.05) is 26.7 Å². The highest BCUT2D eigenvalue weighted by atomic mass is 16.7. The summed E-state index contributed by atoms with van der Waals surface area (Å²) in [4.78, 5) is 57.8. The van der Waals surface area contributed by atoms with Crippen LogP contribution in [0.4, 0.5) is 0 Å². The molecular weight excluding hydrogens is 424 g/mol. The molecule has 0 aromatic carbocycles. The number of ether oxygens (including phenoxy) is 5. The number of rotatable bonds is 18. The lowest BCUT2D eigenvalue weighted by Crippen LogP contribution is -2.24. The zero-order valence-corrected chi connectivity index (χ0v) is 19.4. The molecule has 0 aromatic rings. The maximum absolute atomic E-state index is 11.9. The quantitative estimate of drug-likeness (QED) is 0.130. The van der Waals surface area contributed by atoms with Crippen LogP contribution in [0.15, 0.2) is 0 Å². The van der Waals surface area contributed by atoms with Crippen LogP contribution in [0.5, 0.6) is 0 Å². The van der Waals surface area contributed by atoms with Crippen molar-refractivity contribution in [2.75, 3.05) is 19.8 Å². The Morgan fingerprint density at radius 3 is 1.41 bits per heavy atom. The molecule has 0 bridgehead atoms. The van der Waals surface area contributed by atoms with Gasteiger partial charge in [-0.25, -0.2) is 0 Å². The minimum atomic E-state index is -1.15. The maximum atomic E-state index is 11.9. The van der Waals surface area contributed by atoms with Crippen LogP contribution < -0.4 is 0 Å². The predicted molar refractivity (Wildman–Crippen MR) is 112 cm³/mol. The highest BCUT2D eigenvalue weighted by Gasteiger charge is 2.19. The van der Waals surface area contributed by atoms with Gasteiger partial charge in [0.05, 0.1) is 45.5 Å². The van der Waals surface area contributed by atoms with Crippen LogP contribution in [0.1, 0.15) is 85.0 Å². The molecular formula is C22H36O10. The van der Waals surface area contributed by atoms with E-state index in [2.05, 4.69) is 0 Å². The van der Waals surface area contributed by atoms with Crippen LogP contribution in [0.3, 0.4) is 0 Å². The van der Waals surface area contributed by atoms with Crippen molar-refractivity contribution in [3.8, 4) is 0 Å². The van der Waals surface area contributed by atoms with Crippen LogP contribution in [0.25, 0.3) is 0 Å². The molecule has 10 heteroatoms. The first-order valence-corrected chi connectivity index (χ1v) is 11.1. The van der Waals surface area contributed by atoms with Crippen LogP contribution in [-0.2, 0) is 47.7 Å². The Bertz CT molecular complexity index is 587. The fourth-order valence-electron chi connectivity index (χ4n) is 2.25. The van der Waals surface area contributed by atoms with Gasteiger partial charge in [-0.05, 0) is 19.3 Å². The van der Waals surface area contributed by atoms with Crippen molar-refractivity contribution >= 4 is 29.8 Å². The summed E-state index contributed by atoms with van der Waals surface area (Å²) in [6.07, 6.45) is 2.05. The van der Waals surface area contributed by atoms with Crippen LogP contribution >= 0.6 is 0 Å². The number of carbonyl (C=O) groups is 5. The van der Waals surface area contributed by atoms with Gasteiger partial charge >= 0.3 is 29.8 Å². The average Bonchev–Trinajstić information content (AvgIpc) is 2.73. The van der Waals surface area contributed by atoms with Crippen molar-refractivity contribution in [3.05, 3.63) is 0 Å². The molecule has 0 N–H and O–H groups in total. The molecule has 0 aliphatic heterocycles. The molecule has 184 valence electrons. The van der Waals surface area contributed by atoms with Crippen molar-refractivity contribution in [1.82, 2.24) is 0 Å². The number of hydrogen-bond acceptors (Lipinski definition) is 10. The van der Waals surface area contributed by atoms with Crippen molar-refractivity contribution in [2.24, 2.45) is 0 Å².